The van der Waals surface area contributed by atoms with Gasteiger partial charge >= 0.3 is 0 Å². The molecule has 1 aliphatic carbocycles. The van der Waals surface area contributed by atoms with Crippen LogP contribution in [0, 0.1) is 0 Å². The predicted octanol–water partition coefficient (Wildman–Crippen LogP) is 14.1. The molecule has 0 bridgehead atoms. The lowest BCUT2D eigenvalue weighted by molar-refractivity contribution is 0.660. The van der Waals surface area contributed by atoms with Crippen LogP contribution in [0.25, 0.3) is 55.3 Å². The van der Waals surface area contributed by atoms with E-state index in [4.69, 9.17) is 6.58 Å². The molecule has 0 fully saturated rings. The molecule has 1 heterocycles. The fourth-order valence-electron chi connectivity index (χ4n) is 8.42. The van der Waals surface area contributed by atoms with Crippen LogP contribution in [0.3, 0.4) is 0 Å². The molecular formula is C52H42N2. The van der Waals surface area contributed by atoms with E-state index < -0.39 is 0 Å². The molecule has 260 valence electrons. The topological polar surface area (TPSA) is 8.17 Å². The van der Waals surface area contributed by atoms with Gasteiger partial charge < -0.3 is 9.47 Å². The molecule has 9 rings (SSSR count). The highest BCUT2D eigenvalue weighted by Crippen LogP contribution is 2.50. The Hall–Kier alpha value is -6.64. The van der Waals surface area contributed by atoms with Crippen molar-refractivity contribution in [3.8, 4) is 27.9 Å². The largest absolute Gasteiger partial charge is 0.311 e. The zero-order valence-corrected chi connectivity index (χ0v) is 31.0. The van der Waals surface area contributed by atoms with Gasteiger partial charge in [0.15, 0.2) is 0 Å². The molecule has 7 aromatic carbocycles. The summed E-state index contributed by atoms with van der Waals surface area (Å²) >= 11 is 0. The van der Waals surface area contributed by atoms with Gasteiger partial charge in [0.2, 0.25) is 0 Å². The van der Waals surface area contributed by atoms with E-state index in [2.05, 4.69) is 218 Å². The molecule has 0 saturated heterocycles. The lowest BCUT2D eigenvalue weighted by atomic mass is 9.81. The van der Waals surface area contributed by atoms with Gasteiger partial charge in [-0.1, -0.05) is 148 Å². The van der Waals surface area contributed by atoms with Crippen LogP contribution >= 0.6 is 0 Å². The van der Waals surface area contributed by atoms with Gasteiger partial charge in [0, 0.05) is 38.9 Å². The Morgan fingerprint density at radius 3 is 1.78 bits per heavy atom. The van der Waals surface area contributed by atoms with Crippen LogP contribution < -0.4 is 4.90 Å². The maximum Gasteiger partial charge on any atom is 0.0541 e. The summed E-state index contributed by atoms with van der Waals surface area (Å²) in [6.07, 6.45) is 4.54. The number of hydrogen-bond acceptors (Lipinski definition) is 1. The van der Waals surface area contributed by atoms with Crippen molar-refractivity contribution < 1.29 is 0 Å². The van der Waals surface area contributed by atoms with E-state index in [-0.39, 0.29) is 5.41 Å². The number of nitrogens with zero attached hydrogens (tertiary/aromatic N) is 2. The summed E-state index contributed by atoms with van der Waals surface area (Å²) in [5, 5.41) is 2.50. The maximum absolute atomic E-state index is 4.74. The minimum atomic E-state index is -0.156. The van der Waals surface area contributed by atoms with Gasteiger partial charge in [-0.15, -0.1) is 0 Å². The van der Waals surface area contributed by atoms with Crippen LogP contribution in [0.2, 0.25) is 0 Å². The number of rotatable bonds is 7. The molecule has 1 aromatic heterocycles. The first-order valence-electron chi connectivity index (χ1n) is 18.7. The molecule has 0 amide bonds. The van der Waals surface area contributed by atoms with Crippen LogP contribution in [-0.4, -0.2) is 4.57 Å². The van der Waals surface area contributed by atoms with Gasteiger partial charge in [-0.2, -0.15) is 0 Å². The van der Waals surface area contributed by atoms with Gasteiger partial charge in [-0.3, -0.25) is 0 Å². The smallest absolute Gasteiger partial charge is 0.0541 e. The molecule has 0 aliphatic heterocycles. The van der Waals surface area contributed by atoms with Crippen molar-refractivity contribution in [3.05, 3.63) is 217 Å². The number of anilines is 2. The molecule has 54 heavy (non-hydrogen) atoms. The summed E-state index contributed by atoms with van der Waals surface area (Å²) < 4.78 is 2.36. The van der Waals surface area contributed by atoms with Crippen LogP contribution in [0.5, 0.6) is 0 Å². The average Bonchev–Trinajstić information content (AvgIpc) is 3.66. The summed E-state index contributed by atoms with van der Waals surface area (Å²) in [5.41, 5.74) is 16.4. The van der Waals surface area contributed by atoms with E-state index in [1.165, 1.54) is 72.0 Å². The summed E-state index contributed by atoms with van der Waals surface area (Å²) in [4.78, 5) is 2.29. The lowest BCUT2D eigenvalue weighted by Gasteiger charge is -2.28. The molecule has 0 saturated carbocycles. The van der Waals surface area contributed by atoms with Crippen molar-refractivity contribution >= 4 is 38.8 Å². The van der Waals surface area contributed by atoms with Crippen LogP contribution in [0.4, 0.5) is 11.4 Å². The molecule has 0 unspecified atom stereocenters. The standard InChI is InChI=1S/C52H42N2/c1-5-44-45-20-12-14-22-48(45)52(3,4)49(44)34-36(2)53(42-29-24-38(25-30-42)37-16-8-6-9-17-37)43-31-26-39(27-32-43)40-28-33-51-47(35-40)46-21-13-15-23-50(46)54(51)41-18-10-7-11-19-41/h5-35H,2H2,1,3-4H3/b44-5-,49-34?. The van der Waals surface area contributed by atoms with Crippen molar-refractivity contribution in [1.29, 1.82) is 0 Å². The molecular weight excluding hydrogens is 653 g/mol. The Bertz CT molecular complexity index is 2730. The molecule has 8 aromatic rings. The summed E-state index contributed by atoms with van der Waals surface area (Å²) in [5.74, 6) is 0. The summed E-state index contributed by atoms with van der Waals surface area (Å²) in [6.45, 7) is 11.5. The Kier molecular flexibility index (Phi) is 8.24. The average molecular weight is 695 g/mol. The van der Waals surface area contributed by atoms with Gasteiger partial charge in [0.25, 0.3) is 0 Å². The Balaban J connectivity index is 1.12. The first kappa shape index (κ1) is 33.2. The van der Waals surface area contributed by atoms with Crippen molar-refractivity contribution in [2.24, 2.45) is 0 Å². The quantitative estimate of drug-likeness (QED) is 0.161. The Morgan fingerprint density at radius 2 is 1.09 bits per heavy atom. The molecule has 0 radical (unpaired) electrons. The number of hydrogen-bond donors (Lipinski definition) is 0. The zero-order valence-electron chi connectivity index (χ0n) is 31.0. The molecule has 2 heteroatoms. The first-order chi connectivity index (χ1) is 26.4. The van der Waals surface area contributed by atoms with Gasteiger partial charge in [0.1, 0.15) is 0 Å². The number of para-hydroxylation sites is 2. The number of benzene rings is 7. The van der Waals surface area contributed by atoms with Gasteiger partial charge in [-0.05, 0) is 112 Å². The van der Waals surface area contributed by atoms with Crippen molar-refractivity contribution in [2.45, 2.75) is 26.2 Å². The molecule has 1 aliphatic rings. The van der Waals surface area contributed by atoms with E-state index in [1.54, 1.807) is 0 Å². The number of allylic oxidation sites excluding steroid dienone is 4. The molecule has 0 N–H and O–H groups in total. The summed E-state index contributed by atoms with van der Waals surface area (Å²) in [6, 6.07) is 63.3. The highest BCUT2D eigenvalue weighted by molar-refractivity contribution is 6.10. The second kappa shape index (κ2) is 13.4. The molecule has 0 atom stereocenters. The second-order valence-corrected chi connectivity index (χ2v) is 14.6. The third kappa shape index (κ3) is 5.59. The van der Waals surface area contributed by atoms with Crippen molar-refractivity contribution in [2.75, 3.05) is 4.90 Å². The van der Waals surface area contributed by atoms with Crippen molar-refractivity contribution in [3.63, 3.8) is 0 Å². The Morgan fingerprint density at radius 1 is 0.556 bits per heavy atom. The Labute approximate surface area is 318 Å². The van der Waals surface area contributed by atoms with Crippen molar-refractivity contribution in [1.82, 2.24) is 4.57 Å². The number of aromatic nitrogens is 1. The normalized spacial score (nSPS) is 14.9. The molecule has 0 spiro atoms. The van der Waals surface area contributed by atoms with E-state index >= 15 is 0 Å². The third-order valence-corrected chi connectivity index (χ3v) is 11.1. The SMILES string of the molecule is C=C(C=C1/C(=C\C)c2ccccc2C1(C)C)N(c1ccc(-c2ccccc2)cc1)c1ccc(-c2ccc3c(c2)c2ccccc2n3-c2ccccc2)cc1. The highest BCUT2D eigenvalue weighted by Gasteiger charge is 2.37. The fraction of sp³-hybridized carbons (Fsp3) is 0.0769. The fourth-order valence-corrected chi connectivity index (χ4v) is 8.42. The minimum absolute atomic E-state index is 0.156. The van der Waals surface area contributed by atoms with Crippen LogP contribution in [0.1, 0.15) is 31.9 Å². The van der Waals surface area contributed by atoms with E-state index in [1.807, 2.05) is 0 Å². The molecule has 2 nitrogen and oxygen atoms in total. The predicted molar refractivity (Wildman–Crippen MR) is 231 cm³/mol. The van der Waals surface area contributed by atoms with Gasteiger partial charge in [-0.25, -0.2) is 0 Å². The van der Waals surface area contributed by atoms with E-state index in [0.29, 0.717) is 0 Å². The first-order valence-corrected chi connectivity index (χ1v) is 18.7. The van der Waals surface area contributed by atoms with Crippen LogP contribution in [-0.2, 0) is 5.41 Å². The minimum Gasteiger partial charge on any atom is -0.311 e. The lowest BCUT2D eigenvalue weighted by Crippen LogP contribution is -2.19. The third-order valence-electron chi connectivity index (χ3n) is 11.1. The number of fused-ring (bicyclic) bond motifs is 4. The highest BCUT2D eigenvalue weighted by atomic mass is 15.1. The monoisotopic (exact) mass is 694 g/mol. The summed E-state index contributed by atoms with van der Waals surface area (Å²) in [7, 11) is 0. The van der Waals surface area contributed by atoms with E-state index in [0.717, 1.165) is 17.1 Å². The maximum atomic E-state index is 4.74. The second-order valence-electron chi connectivity index (χ2n) is 14.6. The van der Waals surface area contributed by atoms with E-state index in [9.17, 15) is 0 Å². The van der Waals surface area contributed by atoms with Gasteiger partial charge in [0.05, 0.1) is 11.0 Å². The zero-order chi connectivity index (χ0) is 36.8. The van der Waals surface area contributed by atoms with Crippen LogP contribution in [0.15, 0.2) is 206 Å².